The predicted molar refractivity (Wildman–Crippen MR) is 67.5 cm³/mol. The van der Waals surface area contributed by atoms with Gasteiger partial charge in [-0.1, -0.05) is 19.3 Å². The Morgan fingerprint density at radius 2 is 2.06 bits per heavy atom. The molecule has 90 valence electrons. The summed E-state index contributed by atoms with van der Waals surface area (Å²) in [5.41, 5.74) is 1.20. The van der Waals surface area contributed by atoms with Crippen molar-refractivity contribution in [1.82, 2.24) is 9.55 Å². The molecule has 1 aliphatic rings. The van der Waals surface area contributed by atoms with Crippen LogP contribution >= 0.6 is 15.9 Å². The summed E-state index contributed by atoms with van der Waals surface area (Å²) in [7, 11) is 2.01. The van der Waals surface area contributed by atoms with E-state index in [9.17, 15) is 0 Å². The van der Waals surface area contributed by atoms with Crippen LogP contribution in [0.3, 0.4) is 0 Å². The highest BCUT2D eigenvalue weighted by Gasteiger charge is 2.22. The van der Waals surface area contributed by atoms with Crippen LogP contribution in [0.25, 0.3) is 0 Å². The highest BCUT2D eigenvalue weighted by molar-refractivity contribution is 9.10. The fourth-order valence-corrected chi connectivity index (χ4v) is 3.12. The van der Waals surface area contributed by atoms with E-state index in [1.807, 2.05) is 7.05 Å². The van der Waals surface area contributed by atoms with Crippen LogP contribution in [0.1, 0.15) is 49.5 Å². The molecule has 0 aromatic carbocycles. The average molecular weight is 287 g/mol. The Labute approximate surface area is 105 Å². The molecule has 4 heteroatoms. The summed E-state index contributed by atoms with van der Waals surface area (Å²) >= 11 is 3.63. The lowest BCUT2D eigenvalue weighted by Gasteiger charge is -2.20. The Bertz CT molecular complexity index is 356. The highest BCUT2D eigenvalue weighted by atomic mass is 79.9. The molecule has 0 aliphatic heterocycles. The van der Waals surface area contributed by atoms with Crippen molar-refractivity contribution in [2.45, 2.75) is 44.4 Å². The van der Waals surface area contributed by atoms with Gasteiger partial charge in [0.15, 0.2) is 0 Å². The minimum Gasteiger partial charge on any atom is -0.396 e. The van der Waals surface area contributed by atoms with Gasteiger partial charge < -0.3 is 9.67 Å². The molecule has 1 N–H and O–H groups in total. The monoisotopic (exact) mass is 286 g/mol. The van der Waals surface area contributed by atoms with Gasteiger partial charge in [0.2, 0.25) is 0 Å². The Kier molecular flexibility index (Phi) is 4.03. The van der Waals surface area contributed by atoms with Crippen molar-refractivity contribution in [1.29, 1.82) is 0 Å². The van der Waals surface area contributed by atoms with Gasteiger partial charge in [-0.15, -0.1) is 0 Å². The Hall–Kier alpha value is -0.350. The molecule has 2 rings (SSSR count). The molecule has 1 heterocycles. The fourth-order valence-electron chi connectivity index (χ4n) is 2.50. The molecule has 0 amide bonds. The second kappa shape index (κ2) is 5.32. The third-order valence-corrected chi connectivity index (χ3v) is 4.41. The van der Waals surface area contributed by atoms with E-state index in [4.69, 9.17) is 5.11 Å². The second-order valence-corrected chi connectivity index (χ2v) is 5.32. The second-order valence-electron chi connectivity index (χ2n) is 4.57. The van der Waals surface area contributed by atoms with Crippen LogP contribution in [-0.4, -0.2) is 21.3 Å². The van der Waals surface area contributed by atoms with Crippen LogP contribution in [0.2, 0.25) is 0 Å². The lowest BCUT2D eigenvalue weighted by molar-refractivity contribution is 0.295. The predicted octanol–water partition coefficient (Wildman–Crippen LogP) is 2.77. The van der Waals surface area contributed by atoms with E-state index in [0.29, 0.717) is 12.3 Å². The maximum atomic E-state index is 8.99. The van der Waals surface area contributed by atoms with Gasteiger partial charge >= 0.3 is 0 Å². The molecule has 0 atom stereocenters. The maximum absolute atomic E-state index is 8.99. The summed E-state index contributed by atoms with van der Waals surface area (Å²) in [6.45, 7) is 0.168. The van der Waals surface area contributed by atoms with Gasteiger partial charge in [0.25, 0.3) is 0 Å². The Morgan fingerprint density at radius 3 is 2.69 bits per heavy atom. The van der Waals surface area contributed by atoms with Crippen LogP contribution in [0, 0.1) is 0 Å². The summed E-state index contributed by atoms with van der Waals surface area (Å²) in [6.07, 6.45) is 7.17. The number of imidazole rings is 1. The number of aromatic nitrogens is 2. The van der Waals surface area contributed by atoms with Crippen molar-refractivity contribution in [2.24, 2.45) is 7.05 Å². The average Bonchev–Trinajstić information content (AvgIpc) is 2.59. The first-order chi connectivity index (χ1) is 7.74. The first kappa shape index (κ1) is 12.1. The zero-order valence-corrected chi connectivity index (χ0v) is 11.3. The van der Waals surface area contributed by atoms with Crippen LogP contribution < -0.4 is 0 Å². The summed E-state index contributed by atoms with van der Waals surface area (Å²) in [5.74, 6) is 1.59. The third-order valence-electron chi connectivity index (χ3n) is 3.47. The Balaban J connectivity index is 2.22. The minimum atomic E-state index is 0.168. The van der Waals surface area contributed by atoms with Gasteiger partial charge in [-0.2, -0.15) is 0 Å². The van der Waals surface area contributed by atoms with E-state index < -0.39 is 0 Å². The van der Waals surface area contributed by atoms with Gasteiger partial charge in [0.1, 0.15) is 10.4 Å². The van der Waals surface area contributed by atoms with E-state index in [0.717, 1.165) is 10.4 Å². The molecule has 0 spiro atoms. The van der Waals surface area contributed by atoms with Gasteiger partial charge in [0, 0.05) is 19.4 Å². The number of rotatable bonds is 3. The van der Waals surface area contributed by atoms with Crippen molar-refractivity contribution in [3.63, 3.8) is 0 Å². The molecule has 1 saturated carbocycles. The maximum Gasteiger partial charge on any atom is 0.111 e. The number of hydrogen-bond donors (Lipinski definition) is 1. The molecule has 0 bridgehead atoms. The van der Waals surface area contributed by atoms with Crippen molar-refractivity contribution < 1.29 is 5.11 Å². The Morgan fingerprint density at radius 1 is 1.38 bits per heavy atom. The van der Waals surface area contributed by atoms with E-state index >= 15 is 0 Å². The largest absolute Gasteiger partial charge is 0.396 e. The van der Waals surface area contributed by atoms with Crippen molar-refractivity contribution >= 4 is 15.9 Å². The van der Waals surface area contributed by atoms with Crippen LogP contribution in [0.5, 0.6) is 0 Å². The lowest BCUT2D eigenvalue weighted by Crippen LogP contribution is -2.05. The number of aliphatic hydroxyl groups is 1. The molecule has 16 heavy (non-hydrogen) atoms. The first-order valence-electron chi connectivity index (χ1n) is 6.06. The van der Waals surface area contributed by atoms with Gasteiger partial charge in [-0.3, -0.25) is 0 Å². The molecule has 1 aromatic heterocycles. The molecule has 3 nitrogen and oxygen atoms in total. The first-order valence-corrected chi connectivity index (χ1v) is 6.85. The van der Waals surface area contributed by atoms with E-state index in [-0.39, 0.29) is 6.61 Å². The van der Waals surface area contributed by atoms with E-state index in [1.165, 1.54) is 37.8 Å². The van der Waals surface area contributed by atoms with Gasteiger partial charge in [-0.25, -0.2) is 4.98 Å². The number of hydrogen-bond acceptors (Lipinski definition) is 2. The molecule has 1 fully saturated rings. The quantitative estimate of drug-likeness (QED) is 0.928. The molecule has 0 unspecified atom stereocenters. The van der Waals surface area contributed by atoms with Crippen LogP contribution in [0.15, 0.2) is 4.60 Å². The molecule has 1 aliphatic carbocycles. The normalized spacial score (nSPS) is 17.9. The zero-order valence-electron chi connectivity index (χ0n) is 9.75. The number of aliphatic hydroxyl groups excluding tert-OH is 1. The molecule has 0 radical (unpaired) electrons. The highest BCUT2D eigenvalue weighted by Crippen LogP contribution is 2.35. The topological polar surface area (TPSA) is 38.0 Å². The summed E-state index contributed by atoms with van der Waals surface area (Å²) in [5, 5.41) is 8.99. The number of nitrogens with zero attached hydrogens (tertiary/aromatic N) is 2. The molecular weight excluding hydrogens is 268 g/mol. The minimum absolute atomic E-state index is 0.168. The summed E-state index contributed by atoms with van der Waals surface area (Å²) in [6, 6.07) is 0. The molecule has 0 saturated heterocycles. The summed E-state index contributed by atoms with van der Waals surface area (Å²) < 4.78 is 3.16. The van der Waals surface area contributed by atoms with E-state index in [1.54, 1.807) is 0 Å². The smallest absolute Gasteiger partial charge is 0.111 e. The van der Waals surface area contributed by atoms with E-state index in [2.05, 4.69) is 25.5 Å². The van der Waals surface area contributed by atoms with Crippen molar-refractivity contribution in [3.05, 3.63) is 16.1 Å². The van der Waals surface area contributed by atoms with Gasteiger partial charge in [-0.05, 0) is 28.8 Å². The van der Waals surface area contributed by atoms with Crippen LogP contribution in [0.4, 0.5) is 0 Å². The third kappa shape index (κ3) is 2.33. The van der Waals surface area contributed by atoms with Crippen molar-refractivity contribution in [2.75, 3.05) is 6.61 Å². The van der Waals surface area contributed by atoms with Crippen LogP contribution in [-0.2, 0) is 13.5 Å². The fraction of sp³-hybridized carbons (Fsp3) is 0.750. The molecular formula is C12H19BrN2O. The van der Waals surface area contributed by atoms with Crippen molar-refractivity contribution in [3.8, 4) is 0 Å². The standard InChI is InChI=1S/C12H19BrN2O/c1-15-10(7-8-16)14-11(12(15)13)9-5-3-2-4-6-9/h9,16H,2-8H2,1H3. The SMILES string of the molecule is Cn1c(CCO)nc(C2CCCCC2)c1Br. The molecule has 1 aromatic rings. The summed E-state index contributed by atoms with van der Waals surface area (Å²) in [4.78, 5) is 4.68. The lowest BCUT2D eigenvalue weighted by atomic mass is 9.87. The zero-order chi connectivity index (χ0) is 11.5. The van der Waals surface area contributed by atoms with Gasteiger partial charge in [0.05, 0.1) is 12.3 Å². The number of halogens is 1.